The molecule has 0 aliphatic carbocycles. The number of hydrogen-bond acceptors (Lipinski definition) is 5. The monoisotopic (exact) mass is 240 g/mol. The van der Waals surface area contributed by atoms with Crippen LogP contribution in [-0.4, -0.2) is 29.6 Å². The summed E-state index contributed by atoms with van der Waals surface area (Å²) in [6.45, 7) is 6.22. The third-order valence-corrected chi connectivity index (χ3v) is 3.38. The van der Waals surface area contributed by atoms with Crippen molar-refractivity contribution in [3.8, 4) is 0 Å². The summed E-state index contributed by atoms with van der Waals surface area (Å²) in [6, 6.07) is 0. The lowest BCUT2D eigenvalue weighted by Crippen LogP contribution is -2.19. The minimum Gasteiger partial charge on any atom is -0.435 e. The first-order valence-corrected chi connectivity index (χ1v) is 6.28. The Labute approximate surface area is 89.1 Å². The van der Waals surface area contributed by atoms with Gasteiger partial charge >= 0.3 is 13.8 Å². The van der Waals surface area contributed by atoms with Gasteiger partial charge in [-0.25, -0.2) is 4.79 Å². The van der Waals surface area contributed by atoms with E-state index in [0.717, 1.165) is 0 Å². The molecule has 0 spiro atoms. The van der Waals surface area contributed by atoms with Gasteiger partial charge in [0.1, 0.15) is 0 Å². The van der Waals surface area contributed by atoms with Crippen LogP contribution in [0.5, 0.6) is 0 Å². The van der Waals surface area contributed by atoms with Crippen molar-refractivity contribution >= 4 is 13.8 Å². The molecular weight excluding hydrogens is 223 g/mol. The average molecular weight is 240 g/mol. The molecule has 6 nitrogen and oxygen atoms in total. The lowest BCUT2D eigenvalue weighted by atomic mass is 10.6. The van der Waals surface area contributed by atoms with Crippen LogP contribution in [0.2, 0.25) is 0 Å². The van der Waals surface area contributed by atoms with Crippen LogP contribution in [0.3, 0.4) is 0 Å². The molecule has 0 rings (SSSR count). The normalized spacial score (nSPS) is 16.9. The van der Waals surface area contributed by atoms with E-state index in [0.29, 0.717) is 0 Å². The molecule has 0 aliphatic rings. The van der Waals surface area contributed by atoms with E-state index in [4.69, 9.17) is 4.52 Å². The molecule has 0 fully saturated rings. The predicted octanol–water partition coefficient (Wildman–Crippen LogP) is 2.12. The molecular formula is C8H17O6P. The van der Waals surface area contributed by atoms with E-state index in [1.165, 1.54) is 20.8 Å². The standard InChI is InChI=1S/C8H17O6P/c1-5-12-8(9)13-7(4)14-15(10,11)6(2)3/h6-7H,5H2,1-4H3,(H,10,11). The molecule has 0 saturated carbocycles. The Morgan fingerprint density at radius 2 is 1.93 bits per heavy atom. The zero-order valence-electron chi connectivity index (χ0n) is 9.30. The van der Waals surface area contributed by atoms with Crippen molar-refractivity contribution in [2.45, 2.75) is 39.6 Å². The first-order chi connectivity index (χ1) is 6.79. The molecule has 0 aromatic heterocycles. The van der Waals surface area contributed by atoms with E-state index in [2.05, 4.69) is 9.47 Å². The Kier molecular flexibility index (Phi) is 5.87. The third kappa shape index (κ3) is 5.77. The highest BCUT2D eigenvalue weighted by Crippen LogP contribution is 2.48. The minimum absolute atomic E-state index is 0.173. The maximum absolute atomic E-state index is 11.4. The van der Waals surface area contributed by atoms with E-state index < -0.39 is 25.7 Å². The maximum atomic E-state index is 11.4. The highest BCUT2D eigenvalue weighted by atomic mass is 31.2. The predicted molar refractivity (Wildman–Crippen MR) is 53.6 cm³/mol. The van der Waals surface area contributed by atoms with Gasteiger partial charge < -0.3 is 14.4 Å². The summed E-state index contributed by atoms with van der Waals surface area (Å²) in [4.78, 5) is 20.1. The van der Waals surface area contributed by atoms with Gasteiger partial charge in [0.2, 0.25) is 6.29 Å². The molecule has 2 unspecified atom stereocenters. The van der Waals surface area contributed by atoms with Gasteiger partial charge in [-0.15, -0.1) is 0 Å². The van der Waals surface area contributed by atoms with Crippen LogP contribution in [0.4, 0.5) is 4.79 Å². The van der Waals surface area contributed by atoms with E-state index in [9.17, 15) is 14.3 Å². The molecule has 90 valence electrons. The third-order valence-electron chi connectivity index (χ3n) is 1.48. The lowest BCUT2D eigenvalue weighted by molar-refractivity contribution is -0.0563. The van der Waals surface area contributed by atoms with Crippen LogP contribution in [-0.2, 0) is 18.6 Å². The molecule has 7 heteroatoms. The summed E-state index contributed by atoms with van der Waals surface area (Å²) in [5.41, 5.74) is -0.550. The molecule has 0 aliphatic heterocycles. The number of hydrogen-bond donors (Lipinski definition) is 1. The molecule has 0 aromatic rings. The highest BCUT2D eigenvalue weighted by Gasteiger charge is 2.28. The van der Waals surface area contributed by atoms with Crippen molar-refractivity contribution in [1.29, 1.82) is 0 Å². The topological polar surface area (TPSA) is 82.1 Å². The van der Waals surface area contributed by atoms with Crippen molar-refractivity contribution in [1.82, 2.24) is 0 Å². The Bertz CT molecular complexity index is 252. The SMILES string of the molecule is CCOC(=O)OC(C)OP(=O)(O)C(C)C. The zero-order valence-corrected chi connectivity index (χ0v) is 10.2. The van der Waals surface area contributed by atoms with Crippen LogP contribution in [0.25, 0.3) is 0 Å². The highest BCUT2D eigenvalue weighted by molar-refractivity contribution is 7.53. The molecule has 0 bridgehead atoms. The van der Waals surface area contributed by atoms with Crippen LogP contribution in [0, 0.1) is 0 Å². The molecule has 15 heavy (non-hydrogen) atoms. The van der Waals surface area contributed by atoms with Crippen molar-refractivity contribution in [3.05, 3.63) is 0 Å². The average Bonchev–Trinajstić information content (AvgIpc) is 2.02. The Hall–Kier alpha value is -0.580. The molecule has 0 heterocycles. The van der Waals surface area contributed by atoms with Crippen LogP contribution in [0.15, 0.2) is 0 Å². The van der Waals surface area contributed by atoms with Crippen LogP contribution < -0.4 is 0 Å². The fourth-order valence-corrected chi connectivity index (χ4v) is 1.36. The Morgan fingerprint density at radius 3 is 2.33 bits per heavy atom. The zero-order chi connectivity index (χ0) is 12.1. The van der Waals surface area contributed by atoms with Crippen molar-refractivity contribution in [2.75, 3.05) is 6.61 Å². The molecule has 1 N–H and O–H groups in total. The second-order valence-electron chi connectivity index (χ2n) is 3.13. The number of carbonyl (C=O) groups is 1. The van der Waals surface area contributed by atoms with E-state index >= 15 is 0 Å². The van der Waals surface area contributed by atoms with Gasteiger partial charge in [-0.1, -0.05) is 13.8 Å². The molecule has 0 saturated heterocycles. The molecule has 0 radical (unpaired) electrons. The van der Waals surface area contributed by atoms with Gasteiger partial charge in [-0.2, -0.15) is 0 Å². The quantitative estimate of drug-likeness (QED) is 0.450. The second-order valence-corrected chi connectivity index (χ2v) is 5.50. The van der Waals surface area contributed by atoms with Crippen LogP contribution in [0.1, 0.15) is 27.7 Å². The fourth-order valence-electron chi connectivity index (χ4n) is 0.643. The lowest BCUT2D eigenvalue weighted by Gasteiger charge is -2.19. The summed E-state index contributed by atoms with van der Waals surface area (Å²) in [7, 11) is -3.73. The Morgan fingerprint density at radius 1 is 1.40 bits per heavy atom. The van der Waals surface area contributed by atoms with Crippen LogP contribution >= 0.6 is 7.60 Å². The largest absolute Gasteiger partial charge is 0.510 e. The van der Waals surface area contributed by atoms with E-state index in [-0.39, 0.29) is 6.61 Å². The Balaban J connectivity index is 4.09. The van der Waals surface area contributed by atoms with Gasteiger partial charge in [0.15, 0.2) is 0 Å². The van der Waals surface area contributed by atoms with Gasteiger partial charge in [-0.3, -0.25) is 9.09 Å². The number of rotatable bonds is 5. The summed E-state index contributed by atoms with van der Waals surface area (Å²) in [6.07, 6.45) is -2.03. The first kappa shape index (κ1) is 14.4. The summed E-state index contributed by atoms with van der Waals surface area (Å²) < 4.78 is 25.1. The summed E-state index contributed by atoms with van der Waals surface area (Å²) in [5, 5.41) is 0. The molecule has 0 amide bonds. The summed E-state index contributed by atoms with van der Waals surface area (Å²) >= 11 is 0. The van der Waals surface area contributed by atoms with Gasteiger partial charge in [-0.05, 0) is 13.8 Å². The maximum Gasteiger partial charge on any atom is 0.510 e. The minimum atomic E-state index is -3.73. The molecule has 2 atom stereocenters. The van der Waals surface area contributed by atoms with E-state index in [1.54, 1.807) is 6.92 Å². The van der Waals surface area contributed by atoms with Crippen molar-refractivity contribution in [3.63, 3.8) is 0 Å². The number of ether oxygens (including phenoxy) is 2. The fraction of sp³-hybridized carbons (Fsp3) is 0.875. The smallest absolute Gasteiger partial charge is 0.435 e. The van der Waals surface area contributed by atoms with Crippen molar-refractivity contribution < 1.29 is 28.3 Å². The van der Waals surface area contributed by atoms with E-state index in [1.807, 2.05) is 0 Å². The molecule has 0 aromatic carbocycles. The van der Waals surface area contributed by atoms with Gasteiger partial charge in [0.05, 0.1) is 12.3 Å². The van der Waals surface area contributed by atoms with Gasteiger partial charge in [0, 0.05) is 0 Å². The second kappa shape index (κ2) is 6.10. The number of carbonyl (C=O) groups excluding carboxylic acids is 1. The summed E-state index contributed by atoms with van der Waals surface area (Å²) in [5.74, 6) is 0. The first-order valence-electron chi connectivity index (χ1n) is 4.63. The van der Waals surface area contributed by atoms with Crippen molar-refractivity contribution in [2.24, 2.45) is 0 Å². The van der Waals surface area contributed by atoms with Gasteiger partial charge in [0.25, 0.3) is 0 Å².